The first kappa shape index (κ1) is 9.01. The zero-order valence-electron chi connectivity index (χ0n) is 8.46. The predicted molar refractivity (Wildman–Crippen MR) is 48.3 cm³/mol. The van der Waals surface area contributed by atoms with Crippen molar-refractivity contribution in [1.29, 1.82) is 0 Å². The molecule has 1 saturated heterocycles. The molecule has 0 spiro atoms. The Kier molecular flexibility index (Phi) is 2.26. The molecule has 0 saturated carbocycles. The lowest BCUT2D eigenvalue weighted by atomic mass is 10.1. The van der Waals surface area contributed by atoms with Gasteiger partial charge in [0.2, 0.25) is 0 Å². The summed E-state index contributed by atoms with van der Waals surface area (Å²) in [5.41, 5.74) is 0. The summed E-state index contributed by atoms with van der Waals surface area (Å²) in [7, 11) is 4.57. The normalized spacial score (nSPS) is 46.6. The van der Waals surface area contributed by atoms with Crippen molar-refractivity contribution in [2.45, 2.75) is 32.9 Å². The first-order valence-electron chi connectivity index (χ1n) is 4.55. The topological polar surface area (TPSA) is 3.24 Å². The molecule has 0 aromatic carbocycles. The van der Waals surface area contributed by atoms with Crippen LogP contribution in [0.3, 0.4) is 0 Å². The molecule has 66 valence electrons. The van der Waals surface area contributed by atoms with E-state index >= 15 is 0 Å². The van der Waals surface area contributed by atoms with Crippen molar-refractivity contribution >= 4 is 0 Å². The average molecular weight is 157 g/mol. The van der Waals surface area contributed by atoms with Gasteiger partial charge >= 0.3 is 0 Å². The Morgan fingerprint density at radius 2 is 2.00 bits per heavy atom. The SMILES string of the molecule is CC[N@@+]1(C)CN(C)C(C)C1C. The van der Waals surface area contributed by atoms with E-state index in [0.717, 1.165) is 12.1 Å². The second-order valence-corrected chi connectivity index (χ2v) is 4.18. The molecular formula is C9H21N2+. The molecule has 0 amide bonds. The van der Waals surface area contributed by atoms with Crippen LogP contribution in [0.4, 0.5) is 0 Å². The monoisotopic (exact) mass is 157 g/mol. The van der Waals surface area contributed by atoms with E-state index in [4.69, 9.17) is 0 Å². The smallest absolute Gasteiger partial charge is 0.135 e. The Hall–Kier alpha value is -0.0800. The average Bonchev–Trinajstić information content (AvgIpc) is 2.17. The Morgan fingerprint density at radius 3 is 2.18 bits per heavy atom. The fourth-order valence-electron chi connectivity index (χ4n) is 2.04. The lowest BCUT2D eigenvalue weighted by molar-refractivity contribution is -0.921. The molecule has 1 aliphatic rings. The lowest BCUT2D eigenvalue weighted by Crippen LogP contribution is -2.48. The van der Waals surface area contributed by atoms with Crippen LogP contribution in [-0.4, -0.2) is 48.8 Å². The minimum absolute atomic E-state index is 0.736. The summed E-state index contributed by atoms with van der Waals surface area (Å²) >= 11 is 0. The van der Waals surface area contributed by atoms with Gasteiger partial charge in [-0.1, -0.05) is 0 Å². The zero-order valence-corrected chi connectivity index (χ0v) is 8.46. The van der Waals surface area contributed by atoms with Crippen LogP contribution >= 0.6 is 0 Å². The molecule has 11 heavy (non-hydrogen) atoms. The summed E-state index contributed by atoms with van der Waals surface area (Å²) in [6.45, 7) is 9.42. The van der Waals surface area contributed by atoms with Crippen molar-refractivity contribution in [3.8, 4) is 0 Å². The first-order valence-corrected chi connectivity index (χ1v) is 4.55. The molecule has 0 aromatic rings. The standard InChI is InChI=1S/C9H21N2/c1-6-11(5)7-10(4)8(2)9(11)3/h8-9H,6-7H2,1-5H3/q+1/t8?,9?,11-/m0/s1. The van der Waals surface area contributed by atoms with Gasteiger partial charge in [-0.05, 0) is 27.8 Å². The second kappa shape index (κ2) is 2.76. The van der Waals surface area contributed by atoms with Crippen molar-refractivity contribution in [1.82, 2.24) is 4.90 Å². The van der Waals surface area contributed by atoms with Gasteiger partial charge in [0.25, 0.3) is 0 Å². The number of hydrogen-bond donors (Lipinski definition) is 0. The molecule has 1 rings (SSSR count). The lowest BCUT2D eigenvalue weighted by Gasteiger charge is -2.32. The van der Waals surface area contributed by atoms with Crippen LogP contribution < -0.4 is 0 Å². The summed E-state index contributed by atoms with van der Waals surface area (Å²) in [6.07, 6.45) is 0. The third-order valence-electron chi connectivity index (χ3n) is 3.65. The van der Waals surface area contributed by atoms with Crippen molar-refractivity contribution in [3.05, 3.63) is 0 Å². The molecule has 0 radical (unpaired) electrons. The van der Waals surface area contributed by atoms with E-state index in [1.54, 1.807) is 0 Å². The van der Waals surface area contributed by atoms with E-state index in [-0.39, 0.29) is 0 Å². The molecule has 2 unspecified atom stereocenters. The minimum Gasteiger partial charge on any atom is -0.310 e. The van der Waals surface area contributed by atoms with Crippen molar-refractivity contribution in [2.24, 2.45) is 0 Å². The third kappa shape index (κ3) is 1.30. The van der Waals surface area contributed by atoms with Crippen LogP contribution in [0.5, 0.6) is 0 Å². The number of rotatable bonds is 1. The number of nitrogens with zero attached hydrogens (tertiary/aromatic N) is 2. The van der Waals surface area contributed by atoms with Crippen LogP contribution in [0.2, 0.25) is 0 Å². The van der Waals surface area contributed by atoms with Crippen molar-refractivity contribution < 1.29 is 4.48 Å². The Balaban J connectivity index is 2.73. The van der Waals surface area contributed by atoms with E-state index in [2.05, 4.69) is 39.8 Å². The fraction of sp³-hybridized carbons (Fsp3) is 1.00. The van der Waals surface area contributed by atoms with Crippen LogP contribution in [0, 0.1) is 0 Å². The Bertz CT molecular complexity index is 146. The summed E-state index contributed by atoms with van der Waals surface area (Å²) in [4.78, 5) is 2.45. The van der Waals surface area contributed by atoms with E-state index in [1.165, 1.54) is 17.7 Å². The predicted octanol–water partition coefficient (Wildman–Crippen LogP) is 1.13. The second-order valence-electron chi connectivity index (χ2n) is 4.18. The molecule has 0 aliphatic carbocycles. The molecule has 0 N–H and O–H groups in total. The minimum atomic E-state index is 0.736. The van der Waals surface area contributed by atoms with Crippen molar-refractivity contribution in [3.63, 3.8) is 0 Å². The molecule has 1 fully saturated rings. The van der Waals surface area contributed by atoms with Gasteiger partial charge in [-0.2, -0.15) is 0 Å². The number of likely N-dealkylation sites (N-methyl/N-ethyl adjacent to an activating group) is 2. The maximum Gasteiger partial charge on any atom is 0.135 e. The van der Waals surface area contributed by atoms with Gasteiger partial charge in [0, 0.05) is 0 Å². The summed E-state index contributed by atoms with van der Waals surface area (Å²) in [5, 5.41) is 0. The maximum absolute atomic E-state index is 2.45. The highest BCUT2D eigenvalue weighted by Crippen LogP contribution is 2.24. The molecule has 1 aliphatic heterocycles. The van der Waals surface area contributed by atoms with Crippen LogP contribution in [-0.2, 0) is 0 Å². The highest BCUT2D eigenvalue weighted by Gasteiger charge is 2.41. The largest absolute Gasteiger partial charge is 0.310 e. The molecule has 0 bridgehead atoms. The fourth-order valence-corrected chi connectivity index (χ4v) is 2.04. The summed E-state index contributed by atoms with van der Waals surface area (Å²) < 4.78 is 1.21. The van der Waals surface area contributed by atoms with Gasteiger partial charge < -0.3 is 4.48 Å². The van der Waals surface area contributed by atoms with E-state index in [0.29, 0.717) is 0 Å². The summed E-state index contributed by atoms with van der Waals surface area (Å²) in [5.74, 6) is 0. The highest BCUT2D eigenvalue weighted by atomic mass is 15.5. The maximum atomic E-state index is 2.45. The van der Waals surface area contributed by atoms with Crippen LogP contribution in [0.15, 0.2) is 0 Å². The summed E-state index contributed by atoms with van der Waals surface area (Å²) in [6, 6.07) is 1.52. The van der Waals surface area contributed by atoms with Gasteiger partial charge in [-0.25, -0.2) is 0 Å². The molecule has 1 heterocycles. The third-order valence-corrected chi connectivity index (χ3v) is 3.65. The number of hydrogen-bond acceptors (Lipinski definition) is 1. The van der Waals surface area contributed by atoms with Gasteiger partial charge in [-0.15, -0.1) is 0 Å². The van der Waals surface area contributed by atoms with Crippen LogP contribution in [0.1, 0.15) is 20.8 Å². The van der Waals surface area contributed by atoms with E-state index in [9.17, 15) is 0 Å². The van der Waals surface area contributed by atoms with Gasteiger partial charge in [0.05, 0.1) is 19.6 Å². The molecule has 2 heteroatoms. The quantitative estimate of drug-likeness (QED) is 0.516. The van der Waals surface area contributed by atoms with Crippen LogP contribution in [0.25, 0.3) is 0 Å². The van der Waals surface area contributed by atoms with Gasteiger partial charge in [-0.3, -0.25) is 4.90 Å². The Labute approximate surface area is 70.4 Å². The molecule has 0 aromatic heterocycles. The van der Waals surface area contributed by atoms with Gasteiger partial charge in [0.1, 0.15) is 12.7 Å². The van der Waals surface area contributed by atoms with Crippen molar-refractivity contribution in [2.75, 3.05) is 27.3 Å². The van der Waals surface area contributed by atoms with E-state index in [1.807, 2.05) is 0 Å². The van der Waals surface area contributed by atoms with E-state index < -0.39 is 0 Å². The van der Waals surface area contributed by atoms with Gasteiger partial charge in [0.15, 0.2) is 0 Å². The highest BCUT2D eigenvalue weighted by molar-refractivity contribution is 4.75. The zero-order chi connectivity index (χ0) is 8.65. The molecular weight excluding hydrogens is 136 g/mol. The molecule has 2 nitrogen and oxygen atoms in total. The Morgan fingerprint density at radius 1 is 1.45 bits per heavy atom. The first-order chi connectivity index (χ1) is 5.01. The number of quaternary nitrogens is 1. The molecule has 3 atom stereocenters.